The number of nitrogens with zero attached hydrogens (tertiary/aromatic N) is 2. The Morgan fingerprint density at radius 2 is 2.18 bits per heavy atom. The van der Waals surface area contributed by atoms with Gasteiger partial charge in [-0.2, -0.15) is 0 Å². The van der Waals surface area contributed by atoms with Gasteiger partial charge in [-0.3, -0.25) is 9.69 Å². The molecule has 0 N–H and O–H groups in total. The topological polar surface area (TPSA) is 23.6 Å². The maximum atomic E-state index is 11.6. The first-order valence-corrected chi connectivity index (χ1v) is 7.92. The Balaban J connectivity index is 1.58. The Kier molecular flexibility index (Phi) is 3.20. The summed E-state index contributed by atoms with van der Waals surface area (Å²) in [6.07, 6.45) is 6.01. The van der Waals surface area contributed by atoms with Crippen LogP contribution in [0.4, 0.5) is 0 Å². The van der Waals surface area contributed by atoms with E-state index in [9.17, 15) is 4.79 Å². The standard InChI is InChI=1S/C13H21BrN2O/c14-9-13(4-1-5-13)10-15-6-7-16-11(8-15)2-3-12(16)17/h11H,1-10H2. The summed E-state index contributed by atoms with van der Waals surface area (Å²) in [6.45, 7) is 4.39. The lowest BCUT2D eigenvalue weighted by Crippen LogP contribution is -2.55. The molecule has 96 valence electrons. The lowest BCUT2D eigenvalue weighted by atomic mass is 9.70. The number of carbonyl (C=O) groups is 1. The van der Waals surface area contributed by atoms with Crippen molar-refractivity contribution in [2.75, 3.05) is 31.5 Å². The zero-order valence-corrected chi connectivity index (χ0v) is 11.9. The Labute approximate surface area is 112 Å². The van der Waals surface area contributed by atoms with E-state index < -0.39 is 0 Å². The molecule has 1 aliphatic carbocycles. The van der Waals surface area contributed by atoms with E-state index in [1.54, 1.807) is 0 Å². The zero-order chi connectivity index (χ0) is 11.9. The molecule has 3 rings (SSSR count). The van der Waals surface area contributed by atoms with Gasteiger partial charge in [0.25, 0.3) is 0 Å². The van der Waals surface area contributed by atoms with Crippen molar-refractivity contribution < 1.29 is 4.79 Å². The average molecular weight is 301 g/mol. The molecule has 3 fully saturated rings. The van der Waals surface area contributed by atoms with Crippen LogP contribution in [0.3, 0.4) is 0 Å². The van der Waals surface area contributed by atoms with Crippen LogP contribution in [0, 0.1) is 5.41 Å². The molecule has 17 heavy (non-hydrogen) atoms. The van der Waals surface area contributed by atoms with Gasteiger partial charge >= 0.3 is 0 Å². The summed E-state index contributed by atoms with van der Waals surface area (Å²) in [4.78, 5) is 16.3. The van der Waals surface area contributed by atoms with Gasteiger partial charge in [0.2, 0.25) is 5.91 Å². The smallest absolute Gasteiger partial charge is 0.222 e. The van der Waals surface area contributed by atoms with Gasteiger partial charge in [-0.25, -0.2) is 0 Å². The lowest BCUT2D eigenvalue weighted by Gasteiger charge is -2.47. The van der Waals surface area contributed by atoms with E-state index in [4.69, 9.17) is 0 Å². The van der Waals surface area contributed by atoms with Gasteiger partial charge < -0.3 is 4.90 Å². The van der Waals surface area contributed by atoms with Crippen LogP contribution in [0.15, 0.2) is 0 Å². The number of piperazine rings is 1. The van der Waals surface area contributed by atoms with Crippen molar-refractivity contribution in [3.63, 3.8) is 0 Å². The van der Waals surface area contributed by atoms with E-state index >= 15 is 0 Å². The quantitative estimate of drug-likeness (QED) is 0.743. The fourth-order valence-corrected chi connectivity index (χ4v) is 4.30. The number of alkyl halides is 1. The van der Waals surface area contributed by atoms with E-state index in [2.05, 4.69) is 25.7 Å². The number of hydrogen-bond donors (Lipinski definition) is 0. The maximum Gasteiger partial charge on any atom is 0.222 e. The molecular weight excluding hydrogens is 280 g/mol. The van der Waals surface area contributed by atoms with Crippen molar-refractivity contribution in [2.45, 2.75) is 38.1 Å². The van der Waals surface area contributed by atoms with Crippen LogP contribution < -0.4 is 0 Å². The van der Waals surface area contributed by atoms with E-state index in [0.29, 0.717) is 17.4 Å². The van der Waals surface area contributed by atoms with Crippen LogP contribution >= 0.6 is 15.9 Å². The number of rotatable bonds is 3. The molecule has 0 aromatic carbocycles. The molecule has 2 saturated heterocycles. The molecule has 0 radical (unpaired) electrons. The highest BCUT2D eigenvalue weighted by molar-refractivity contribution is 9.09. The van der Waals surface area contributed by atoms with Crippen LogP contribution in [-0.2, 0) is 4.79 Å². The third kappa shape index (κ3) is 2.14. The minimum Gasteiger partial charge on any atom is -0.337 e. The molecule has 0 aromatic heterocycles. The number of amides is 1. The molecule has 1 atom stereocenters. The van der Waals surface area contributed by atoms with Crippen LogP contribution in [0.1, 0.15) is 32.1 Å². The predicted octanol–water partition coefficient (Wildman–Crippen LogP) is 1.86. The number of carbonyl (C=O) groups excluding carboxylic acids is 1. The first-order valence-electron chi connectivity index (χ1n) is 6.80. The molecule has 0 bridgehead atoms. The molecule has 2 heterocycles. The summed E-state index contributed by atoms with van der Waals surface area (Å²) in [5.74, 6) is 0.383. The summed E-state index contributed by atoms with van der Waals surface area (Å²) in [5, 5.41) is 1.14. The largest absolute Gasteiger partial charge is 0.337 e. The highest BCUT2D eigenvalue weighted by Crippen LogP contribution is 2.43. The zero-order valence-electron chi connectivity index (χ0n) is 10.3. The SMILES string of the molecule is O=C1CCC2CN(CC3(CBr)CCC3)CCN12. The van der Waals surface area contributed by atoms with Crippen molar-refractivity contribution >= 4 is 21.8 Å². The second-order valence-electron chi connectivity index (χ2n) is 6.00. The molecule has 1 amide bonds. The summed E-state index contributed by atoms with van der Waals surface area (Å²) < 4.78 is 0. The molecule has 0 aromatic rings. The van der Waals surface area contributed by atoms with Crippen LogP contribution in [0.5, 0.6) is 0 Å². The van der Waals surface area contributed by atoms with E-state index in [0.717, 1.165) is 37.8 Å². The molecule has 1 unspecified atom stereocenters. The molecule has 4 heteroatoms. The average Bonchev–Trinajstić information content (AvgIpc) is 2.65. The van der Waals surface area contributed by atoms with Gasteiger partial charge in [0.1, 0.15) is 0 Å². The van der Waals surface area contributed by atoms with Crippen molar-refractivity contribution in [3.05, 3.63) is 0 Å². The van der Waals surface area contributed by atoms with Crippen LogP contribution in [0.25, 0.3) is 0 Å². The van der Waals surface area contributed by atoms with Crippen molar-refractivity contribution in [1.82, 2.24) is 9.80 Å². The van der Waals surface area contributed by atoms with E-state index in [1.165, 1.54) is 25.8 Å². The minimum atomic E-state index is 0.383. The fourth-order valence-electron chi connectivity index (χ4n) is 3.56. The van der Waals surface area contributed by atoms with E-state index in [-0.39, 0.29) is 0 Å². The molecule has 2 aliphatic heterocycles. The van der Waals surface area contributed by atoms with Crippen molar-refractivity contribution in [2.24, 2.45) is 5.41 Å². The van der Waals surface area contributed by atoms with Gasteiger partial charge in [0.15, 0.2) is 0 Å². The number of hydrogen-bond acceptors (Lipinski definition) is 2. The summed E-state index contributed by atoms with van der Waals surface area (Å²) in [7, 11) is 0. The van der Waals surface area contributed by atoms with Gasteiger partial charge in [0.05, 0.1) is 0 Å². The van der Waals surface area contributed by atoms with Gasteiger partial charge in [-0.1, -0.05) is 22.4 Å². The highest BCUT2D eigenvalue weighted by atomic mass is 79.9. The molecule has 3 aliphatic rings. The fraction of sp³-hybridized carbons (Fsp3) is 0.923. The molecular formula is C13H21BrN2O. The van der Waals surface area contributed by atoms with Crippen LogP contribution in [0.2, 0.25) is 0 Å². The number of fused-ring (bicyclic) bond motifs is 1. The number of halogens is 1. The Hall–Kier alpha value is -0.0900. The van der Waals surface area contributed by atoms with Gasteiger partial charge in [-0.15, -0.1) is 0 Å². The van der Waals surface area contributed by atoms with Crippen molar-refractivity contribution in [1.29, 1.82) is 0 Å². The Bertz CT molecular complexity index is 311. The third-order valence-corrected chi connectivity index (χ3v) is 6.02. The van der Waals surface area contributed by atoms with Crippen molar-refractivity contribution in [3.8, 4) is 0 Å². The summed E-state index contributed by atoms with van der Waals surface area (Å²) in [6, 6.07) is 0.517. The minimum absolute atomic E-state index is 0.383. The molecule has 1 saturated carbocycles. The first-order chi connectivity index (χ1) is 8.22. The predicted molar refractivity (Wildman–Crippen MR) is 71.3 cm³/mol. The molecule has 0 spiro atoms. The van der Waals surface area contributed by atoms with Gasteiger partial charge in [-0.05, 0) is 24.7 Å². The maximum absolute atomic E-state index is 11.6. The van der Waals surface area contributed by atoms with E-state index in [1.807, 2.05) is 0 Å². The summed E-state index contributed by atoms with van der Waals surface area (Å²) in [5.41, 5.74) is 0.546. The second kappa shape index (κ2) is 4.54. The van der Waals surface area contributed by atoms with Crippen LogP contribution in [-0.4, -0.2) is 53.3 Å². The normalized spacial score (nSPS) is 32.4. The summed E-state index contributed by atoms with van der Waals surface area (Å²) >= 11 is 3.68. The Morgan fingerprint density at radius 1 is 1.35 bits per heavy atom. The highest BCUT2D eigenvalue weighted by Gasteiger charge is 2.41. The Morgan fingerprint density at radius 3 is 2.82 bits per heavy atom. The molecule has 3 nitrogen and oxygen atoms in total. The third-order valence-electron chi connectivity index (χ3n) is 4.84. The second-order valence-corrected chi connectivity index (χ2v) is 6.56. The lowest BCUT2D eigenvalue weighted by molar-refractivity contribution is -0.131. The van der Waals surface area contributed by atoms with Gasteiger partial charge in [0, 0.05) is 44.0 Å². The first kappa shape index (κ1) is 12.0. The monoisotopic (exact) mass is 300 g/mol.